The van der Waals surface area contributed by atoms with Crippen LogP contribution in [0.3, 0.4) is 0 Å². The lowest BCUT2D eigenvalue weighted by Crippen LogP contribution is -2.52. The summed E-state index contributed by atoms with van der Waals surface area (Å²) in [7, 11) is -3.50. The number of nitrogens with zero attached hydrogens (tertiary/aromatic N) is 1. The third kappa shape index (κ3) is 4.36. The fourth-order valence-electron chi connectivity index (χ4n) is 3.90. The molecule has 3 aromatic rings. The Morgan fingerprint density at radius 3 is 2.84 bits per heavy atom. The van der Waals surface area contributed by atoms with Crippen molar-refractivity contribution in [2.75, 3.05) is 46.0 Å². The molecule has 2 aliphatic rings. The van der Waals surface area contributed by atoms with Crippen LogP contribution >= 0.6 is 11.3 Å². The Hall–Kier alpha value is -2.33. The maximum absolute atomic E-state index is 12.7. The molecule has 31 heavy (non-hydrogen) atoms. The summed E-state index contributed by atoms with van der Waals surface area (Å²) in [6.45, 7) is 4.55. The molecular weight excluding hydrogens is 436 g/mol. The van der Waals surface area contributed by atoms with Crippen LogP contribution in [0.4, 0.5) is 0 Å². The Balaban J connectivity index is 1.07. The van der Waals surface area contributed by atoms with Crippen LogP contribution < -0.4 is 18.9 Å². The second-order valence-electron chi connectivity index (χ2n) is 7.70. The van der Waals surface area contributed by atoms with Crippen LogP contribution in [0.1, 0.15) is 0 Å². The molecule has 1 aromatic heterocycles. The molecule has 1 saturated heterocycles. The molecule has 0 atom stereocenters. The predicted molar refractivity (Wildman–Crippen MR) is 120 cm³/mol. The lowest BCUT2D eigenvalue weighted by molar-refractivity contribution is 0.0835. The molecule has 3 heterocycles. The van der Waals surface area contributed by atoms with Crippen molar-refractivity contribution in [2.24, 2.45) is 5.92 Å². The summed E-state index contributed by atoms with van der Waals surface area (Å²) in [5.41, 5.74) is 0. The standard InChI is InChI=1S/C22H24N2O5S2/c25-31(26,21-15-30-20-7-2-1-4-17(20)21)23-12-16-13-24(14-16)8-9-27-18-5-3-6-19-22(18)29-11-10-28-19/h1-7,15-16,23H,8-14H2. The monoisotopic (exact) mass is 460 g/mol. The fourth-order valence-corrected chi connectivity index (χ4v) is 6.52. The van der Waals surface area contributed by atoms with Crippen LogP contribution in [0.25, 0.3) is 10.1 Å². The zero-order chi connectivity index (χ0) is 21.3. The summed E-state index contributed by atoms with van der Waals surface area (Å²) in [6.07, 6.45) is 0. The molecule has 5 rings (SSSR count). The van der Waals surface area contributed by atoms with Gasteiger partial charge in [-0.25, -0.2) is 13.1 Å². The molecule has 0 radical (unpaired) electrons. The highest BCUT2D eigenvalue weighted by molar-refractivity contribution is 7.90. The van der Waals surface area contributed by atoms with Gasteiger partial charge in [0.15, 0.2) is 11.5 Å². The van der Waals surface area contributed by atoms with Crippen LogP contribution in [0, 0.1) is 5.92 Å². The maximum atomic E-state index is 12.7. The SMILES string of the molecule is O=S(=O)(NCC1CN(CCOc2cccc3c2OCCO3)C1)c1csc2ccccc12. The van der Waals surface area contributed by atoms with Gasteiger partial charge in [-0.05, 0) is 24.1 Å². The second-order valence-corrected chi connectivity index (χ2v) is 10.3. The van der Waals surface area contributed by atoms with Crippen molar-refractivity contribution in [1.29, 1.82) is 0 Å². The first-order valence-electron chi connectivity index (χ1n) is 10.3. The van der Waals surface area contributed by atoms with E-state index in [-0.39, 0.29) is 0 Å². The third-order valence-corrected chi connectivity index (χ3v) is 8.10. The molecule has 2 aromatic carbocycles. The molecule has 0 bridgehead atoms. The summed E-state index contributed by atoms with van der Waals surface area (Å²) in [5.74, 6) is 2.40. The summed E-state index contributed by atoms with van der Waals surface area (Å²) >= 11 is 1.45. The lowest BCUT2D eigenvalue weighted by Gasteiger charge is -2.39. The summed E-state index contributed by atoms with van der Waals surface area (Å²) in [4.78, 5) is 2.63. The summed E-state index contributed by atoms with van der Waals surface area (Å²) in [5, 5.41) is 2.50. The molecular formula is C22H24N2O5S2. The highest BCUT2D eigenvalue weighted by Gasteiger charge is 2.29. The first-order valence-corrected chi connectivity index (χ1v) is 12.7. The van der Waals surface area contributed by atoms with E-state index in [2.05, 4.69) is 9.62 Å². The number of benzene rings is 2. The van der Waals surface area contributed by atoms with Gasteiger partial charge in [-0.2, -0.15) is 0 Å². The molecule has 0 spiro atoms. The Labute approximate surface area is 185 Å². The van der Waals surface area contributed by atoms with Crippen LogP contribution in [0.2, 0.25) is 0 Å². The van der Waals surface area contributed by atoms with Gasteiger partial charge >= 0.3 is 0 Å². The van der Waals surface area contributed by atoms with E-state index in [4.69, 9.17) is 14.2 Å². The van der Waals surface area contributed by atoms with Gasteiger partial charge in [-0.1, -0.05) is 24.3 Å². The number of ether oxygens (including phenoxy) is 3. The Bertz CT molecular complexity index is 1170. The molecule has 9 heteroatoms. The largest absolute Gasteiger partial charge is 0.488 e. The third-order valence-electron chi connectivity index (χ3n) is 5.52. The quantitative estimate of drug-likeness (QED) is 0.557. The van der Waals surface area contributed by atoms with Gasteiger partial charge in [0, 0.05) is 41.6 Å². The zero-order valence-corrected chi connectivity index (χ0v) is 18.6. The van der Waals surface area contributed by atoms with Crippen molar-refractivity contribution in [3.05, 3.63) is 47.8 Å². The van der Waals surface area contributed by atoms with Gasteiger partial charge in [-0.15, -0.1) is 11.3 Å². The van der Waals surface area contributed by atoms with Crippen molar-refractivity contribution in [3.63, 3.8) is 0 Å². The first kappa shape index (κ1) is 20.6. The molecule has 2 aliphatic heterocycles. The maximum Gasteiger partial charge on any atom is 0.242 e. The van der Waals surface area contributed by atoms with E-state index in [9.17, 15) is 8.42 Å². The normalized spacial score (nSPS) is 16.9. The average Bonchev–Trinajstić information content (AvgIpc) is 3.20. The van der Waals surface area contributed by atoms with Gasteiger partial charge in [0.2, 0.25) is 15.8 Å². The Morgan fingerprint density at radius 1 is 1.10 bits per heavy atom. The van der Waals surface area contributed by atoms with Crippen LogP contribution in [0.5, 0.6) is 17.2 Å². The van der Waals surface area contributed by atoms with E-state index in [1.807, 2.05) is 42.5 Å². The van der Waals surface area contributed by atoms with Crippen LogP contribution in [0.15, 0.2) is 52.7 Å². The number of hydrogen-bond acceptors (Lipinski definition) is 7. The predicted octanol–water partition coefficient (Wildman–Crippen LogP) is 2.96. The van der Waals surface area contributed by atoms with E-state index < -0.39 is 10.0 Å². The van der Waals surface area contributed by atoms with E-state index in [1.165, 1.54) is 11.3 Å². The molecule has 1 N–H and O–H groups in total. The van der Waals surface area contributed by atoms with Crippen molar-refractivity contribution in [1.82, 2.24) is 9.62 Å². The summed E-state index contributed by atoms with van der Waals surface area (Å²) in [6, 6.07) is 13.2. The lowest BCUT2D eigenvalue weighted by atomic mass is 10.0. The minimum Gasteiger partial charge on any atom is -0.488 e. The molecule has 0 amide bonds. The van der Waals surface area contributed by atoms with E-state index >= 15 is 0 Å². The van der Waals surface area contributed by atoms with Crippen LogP contribution in [-0.4, -0.2) is 59.3 Å². The minimum absolute atomic E-state index is 0.306. The number of likely N-dealkylation sites (tertiary alicyclic amines) is 1. The van der Waals surface area contributed by atoms with E-state index in [0.29, 0.717) is 48.7 Å². The van der Waals surface area contributed by atoms with Gasteiger partial charge in [0.05, 0.1) is 0 Å². The van der Waals surface area contributed by atoms with Gasteiger partial charge in [0.1, 0.15) is 24.7 Å². The fraction of sp³-hybridized carbons (Fsp3) is 0.364. The molecule has 0 aliphatic carbocycles. The molecule has 0 unspecified atom stereocenters. The van der Waals surface area contributed by atoms with Crippen molar-refractivity contribution < 1.29 is 22.6 Å². The molecule has 164 valence electrons. The van der Waals surface area contributed by atoms with Gasteiger partial charge in [0.25, 0.3) is 0 Å². The van der Waals surface area contributed by atoms with Crippen molar-refractivity contribution in [2.45, 2.75) is 4.90 Å². The average molecular weight is 461 g/mol. The second kappa shape index (κ2) is 8.66. The van der Waals surface area contributed by atoms with Crippen LogP contribution in [-0.2, 0) is 10.0 Å². The number of sulfonamides is 1. The highest BCUT2D eigenvalue weighted by Crippen LogP contribution is 2.39. The Kier molecular flexibility index (Phi) is 5.75. The van der Waals surface area contributed by atoms with Crippen molar-refractivity contribution in [3.8, 4) is 17.2 Å². The minimum atomic E-state index is -3.50. The first-order chi connectivity index (χ1) is 15.1. The Morgan fingerprint density at radius 2 is 1.94 bits per heavy atom. The number of rotatable bonds is 8. The molecule has 1 fully saturated rings. The zero-order valence-electron chi connectivity index (χ0n) is 17.0. The van der Waals surface area contributed by atoms with E-state index in [1.54, 1.807) is 5.38 Å². The van der Waals surface area contributed by atoms with Crippen molar-refractivity contribution >= 4 is 31.4 Å². The number of nitrogens with one attached hydrogen (secondary N) is 1. The smallest absolute Gasteiger partial charge is 0.242 e. The van der Waals surface area contributed by atoms with E-state index in [0.717, 1.165) is 35.5 Å². The highest BCUT2D eigenvalue weighted by atomic mass is 32.2. The number of fused-ring (bicyclic) bond motifs is 2. The van der Waals surface area contributed by atoms with Gasteiger partial charge < -0.3 is 14.2 Å². The van der Waals surface area contributed by atoms with Gasteiger partial charge in [-0.3, -0.25) is 4.90 Å². The molecule has 0 saturated carbocycles. The number of hydrogen-bond donors (Lipinski definition) is 1. The molecule has 7 nitrogen and oxygen atoms in total. The topological polar surface area (TPSA) is 77.1 Å². The summed E-state index contributed by atoms with van der Waals surface area (Å²) < 4.78 is 46.3. The number of thiophene rings is 1. The number of para-hydroxylation sites is 1.